The van der Waals surface area contributed by atoms with Gasteiger partial charge in [0, 0.05) is 11.8 Å². The van der Waals surface area contributed by atoms with Gasteiger partial charge in [-0.2, -0.15) is 0 Å². The Morgan fingerprint density at radius 3 is 2.67 bits per heavy atom. The van der Waals surface area contributed by atoms with E-state index < -0.39 is 0 Å². The topological polar surface area (TPSA) is 55.5 Å². The van der Waals surface area contributed by atoms with Crippen LogP contribution in [0.2, 0.25) is 0 Å². The molecule has 0 aliphatic heterocycles. The molecule has 3 nitrogen and oxygen atoms in total. The molecule has 1 aromatic carbocycles. The molecule has 0 aliphatic carbocycles. The summed E-state index contributed by atoms with van der Waals surface area (Å²) in [5, 5.41) is 8.95. The zero-order valence-corrected chi connectivity index (χ0v) is 7.29. The zero-order valence-electron chi connectivity index (χ0n) is 7.29. The summed E-state index contributed by atoms with van der Waals surface area (Å²) in [6, 6.07) is 3.53. The number of benzene rings is 1. The van der Waals surface area contributed by atoms with E-state index in [4.69, 9.17) is 15.6 Å². The van der Waals surface area contributed by atoms with Crippen molar-refractivity contribution in [2.75, 3.05) is 12.8 Å². The van der Waals surface area contributed by atoms with Crippen molar-refractivity contribution in [2.24, 2.45) is 0 Å². The molecule has 66 valence electrons. The molecular formula is C9H13NO2. The fourth-order valence-electron chi connectivity index (χ4n) is 1.05. The van der Waals surface area contributed by atoms with Crippen LogP contribution in [0.15, 0.2) is 12.1 Å². The van der Waals surface area contributed by atoms with Crippen LogP contribution >= 0.6 is 0 Å². The highest BCUT2D eigenvalue weighted by Gasteiger charge is 2.03. The maximum Gasteiger partial charge on any atom is 0.121 e. The van der Waals surface area contributed by atoms with Gasteiger partial charge in [0.25, 0.3) is 0 Å². The van der Waals surface area contributed by atoms with Crippen molar-refractivity contribution in [3.05, 3.63) is 23.3 Å². The smallest absolute Gasteiger partial charge is 0.121 e. The lowest BCUT2D eigenvalue weighted by atomic mass is 10.1. The van der Waals surface area contributed by atoms with Crippen LogP contribution in [0.1, 0.15) is 11.1 Å². The van der Waals surface area contributed by atoms with E-state index >= 15 is 0 Å². The number of nitrogen functional groups attached to an aromatic ring is 1. The summed E-state index contributed by atoms with van der Waals surface area (Å²) < 4.78 is 5.00. The maximum absolute atomic E-state index is 8.95. The molecule has 0 unspecified atom stereocenters. The van der Waals surface area contributed by atoms with Crippen molar-refractivity contribution in [3.8, 4) is 5.75 Å². The van der Waals surface area contributed by atoms with Crippen LogP contribution in [0.3, 0.4) is 0 Å². The van der Waals surface area contributed by atoms with Crippen LogP contribution in [0, 0.1) is 6.92 Å². The van der Waals surface area contributed by atoms with Crippen molar-refractivity contribution in [1.82, 2.24) is 0 Å². The molecule has 0 bridgehead atoms. The number of aliphatic hydroxyl groups excluding tert-OH is 1. The van der Waals surface area contributed by atoms with Crippen LogP contribution in [0.4, 0.5) is 5.69 Å². The molecule has 0 radical (unpaired) electrons. The third-order valence-corrected chi connectivity index (χ3v) is 1.93. The van der Waals surface area contributed by atoms with Crippen LogP contribution in [0.5, 0.6) is 5.75 Å². The van der Waals surface area contributed by atoms with Gasteiger partial charge in [0.15, 0.2) is 0 Å². The fourth-order valence-corrected chi connectivity index (χ4v) is 1.05. The second kappa shape index (κ2) is 3.45. The van der Waals surface area contributed by atoms with Crippen LogP contribution in [0.25, 0.3) is 0 Å². The largest absolute Gasteiger partial charge is 0.497 e. The molecule has 3 N–H and O–H groups in total. The average molecular weight is 167 g/mol. The molecule has 0 saturated heterocycles. The molecule has 0 heterocycles. The van der Waals surface area contributed by atoms with E-state index in [1.54, 1.807) is 19.2 Å². The highest BCUT2D eigenvalue weighted by Crippen LogP contribution is 2.23. The molecular weight excluding hydrogens is 154 g/mol. The SMILES string of the molecule is COc1cc(N)c(C)c(CO)c1. The van der Waals surface area contributed by atoms with Gasteiger partial charge in [0.05, 0.1) is 13.7 Å². The monoisotopic (exact) mass is 167 g/mol. The van der Waals surface area contributed by atoms with Gasteiger partial charge in [-0.1, -0.05) is 0 Å². The molecule has 0 atom stereocenters. The summed E-state index contributed by atoms with van der Waals surface area (Å²) in [6.07, 6.45) is 0. The Hall–Kier alpha value is -1.22. The summed E-state index contributed by atoms with van der Waals surface area (Å²) in [5.74, 6) is 0.683. The number of anilines is 1. The Kier molecular flexibility index (Phi) is 2.55. The molecule has 0 saturated carbocycles. The Morgan fingerprint density at radius 1 is 1.50 bits per heavy atom. The predicted molar refractivity (Wildman–Crippen MR) is 48.1 cm³/mol. The van der Waals surface area contributed by atoms with Crippen molar-refractivity contribution < 1.29 is 9.84 Å². The number of methoxy groups -OCH3 is 1. The first-order valence-electron chi connectivity index (χ1n) is 3.73. The lowest BCUT2D eigenvalue weighted by Gasteiger charge is -2.08. The number of ether oxygens (including phenoxy) is 1. The minimum absolute atomic E-state index is 0.00671. The van der Waals surface area contributed by atoms with Gasteiger partial charge >= 0.3 is 0 Å². The minimum atomic E-state index is -0.00671. The van der Waals surface area contributed by atoms with E-state index in [0.29, 0.717) is 11.4 Å². The van der Waals surface area contributed by atoms with E-state index in [9.17, 15) is 0 Å². The highest BCUT2D eigenvalue weighted by molar-refractivity contribution is 5.54. The van der Waals surface area contributed by atoms with Crippen LogP contribution in [-0.4, -0.2) is 12.2 Å². The summed E-state index contributed by atoms with van der Waals surface area (Å²) in [4.78, 5) is 0. The number of hydrogen-bond donors (Lipinski definition) is 2. The van der Waals surface area contributed by atoms with Crippen molar-refractivity contribution >= 4 is 5.69 Å². The number of rotatable bonds is 2. The molecule has 12 heavy (non-hydrogen) atoms. The van der Waals surface area contributed by atoms with Gasteiger partial charge in [-0.25, -0.2) is 0 Å². The zero-order chi connectivity index (χ0) is 9.14. The van der Waals surface area contributed by atoms with Crippen molar-refractivity contribution in [2.45, 2.75) is 13.5 Å². The van der Waals surface area contributed by atoms with Gasteiger partial charge in [-0.3, -0.25) is 0 Å². The molecule has 3 heteroatoms. The third-order valence-electron chi connectivity index (χ3n) is 1.93. The quantitative estimate of drug-likeness (QED) is 0.648. The van der Waals surface area contributed by atoms with E-state index in [2.05, 4.69) is 0 Å². The van der Waals surface area contributed by atoms with E-state index in [1.165, 1.54) is 0 Å². The summed E-state index contributed by atoms with van der Waals surface area (Å²) in [5.41, 5.74) is 8.06. The molecule has 0 amide bonds. The molecule has 0 fully saturated rings. The van der Waals surface area contributed by atoms with Crippen LogP contribution < -0.4 is 10.5 Å². The predicted octanol–water partition coefficient (Wildman–Crippen LogP) is 1.08. The lowest BCUT2D eigenvalue weighted by Crippen LogP contribution is -1.97. The van der Waals surface area contributed by atoms with Gasteiger partial charge in [-0.15, -0.1) is 0 Å². The highest BCUT2D eigenvalue weighted by atomic mass is 16.5. The standard InChI is InChI=1S/C9H13NO2/c1-6-7(5-11)3-8(12-2)4-9(6)10/h3-4,11H,5,10H2,1-2H3. The molecule has 1 rings (SSSR count). The van der Waals surface area contributed by atoms with Gasteiger partial charge in [0.1, 0.15) is 5.75 Å². The van der Waals surface area contributed by atoms with Crippen molar-refractivity contribution in [1.29, 1.82) is 0 Å². The number of hydrogen-bond acceptors (Lipinski definition) is 3. The Morgan fingerprint density at radius 2 is 2.17 bits per heavy atom. The van der Waals surface area contributed by atoms with Crippen LogP contribution in [-0.2, 0) is 6.61 Å². The molecule has 1 aromatic rings. The van der Waals surface area contributed by atoms with E-state index in [0.717, 1.165) is 11.1 Å². The second-order valence-corrected chi connectivity index (χ2v) is 2.66. The molecule has 0 aromatic heterocycles. The maximum atomic E-state index is 8.95. The average Bonchev–Trinajstić information content (AvgIpc) is 2.09. The number of nitrogens with two attached hydrogens (primary N) is 1. The van der Waals surface area contributed by atoms with E-state index in [-0.39, 0.29) is 6.61 Å². The number of aliphatic hydroxyl groups is 1. The second-order valence-electron chi connectivity index (χ2n) is 2.66. The Balaban J connectivity index is 3.19. The van der Waals surface area contributed by atoms with Gasteiger partial charge in [0.2, 0.25) is 0 Å². The summed E-state index contributed by atoms with van der Waals surface area (Å²) in [7, 11) is 1.57. The molecule has 0 spiro atoms. The van der Waals surface area contributed by atoms with E-state index in [1.807, 2.05) is 6.92 Å². The minimum Gasteiger partial charge on any atom is -0.497 e. The Labute approximate surface area is 71.8 Å². The first-order valence-corrected chi connectivity index (χ1v) is 3.73. The Bertz CT molecular complexity index is 284. The first-order chi connectivity index (χ1) is 5.69. The summed E-state index contributed by atoms with van der Waals surface area (Å²) >= 11 is 0. The first kappa shape index (κ1) is 8.87. The third kappa shape index (κ3) is 1.51. The normalized spacial score (nSPS) is 9.92. The van der Waals surface area contributed by atoms with Crippen molar-refractivity contribution in [3.63, 3.8) is 0 Å². The van der Waals surface area contributed by atoms with Gasteiger partial charge < -0.3 is 15.6 Å². The lowest BCUT2D eigenvalue weighted by molar-refractivity contribution is 0.280. The summed E-state index contributed by atoms with van der Waals surface area (Å²) in [6.45, 7) is 1.87. The van der Waals surface area contributed by atoms with Gasteiger partial charge in [-0.05, 0) is 24.1 Å². The fraction of sp³-hybridized carbons (Fsp3) is 0.333. The molecule has 0 aliphatic rings.